The molecule has 204 valence electrons. The molecular formula is C34H38O5. The number of rotatable bonds is 5. The van der Waals surface area contributed by atoms with E-state index in [1.807, 2.05) is 69.3 Å². The van der Waals surface area contributed by atoms with Gasteiger partial charge in [-0.25, -0.2) is 0 Å². The van der Waals surface area contributed by atoms with Crippen molar-refractivity contribution in [2.45, 2.75) is 58.7 Å². The highest BCUT2D eigenvalue weighted by molar-refractivity contribution is 6.07. The smallest absolute Gasteiger partial charge is 0.185 e. The maximum atomic E-state index is 12.4. The summed E-state index contributed by atoms with van der Waals surface area (Å²) in [5.74, 6) is 3.42. The van der Waals surface area contributed by atoms with Crippen molar-refractivity contribution in [1.29, 1.82) is 0 Å². The molecular weight excluding hydrogens is 488 g/mol. The summed E-state index contributed by atoms with van der Waals surface area (Å²) in [7, 11) is 3.28. The summed E-state index contributed by atoms with van der Waals surface area (Å²) in [6.45, 7) is 10.3. The van der Waals surface area contributed by atoms with Crippen molar-refractivity contribution >= 4 is 17.9 Å². The SMILES string of the molecule is COc1cc(C(=O)/C=C/c2ccc3c(c2)CCC(C)(C)O3)ccc1C.COc1ccc2c(c1)C=CC(C)(C)O2. The second kappa shape index (κ2) is 11.4. The van der Waals surface area contributed by atoms with Crippen molar-refractivity contribution in [1.82, 2.24) is 0 Å². The molecule has 0 aliphatic carbocycles. The molecule has 39 heavy (non-hydrogen) atoms. The van der Waals surface area contributed by atoms with Gasteiger partial charge < -0.3 is 18.9 Å². The molecule has 3 aromatic carbocycles. The standard InChI is InChI=1S/C22H24O3.C12H14O2/c1-15-5-8-17(14-21(15)24-4)19(23)9-6-16-7-10-20-18(13-16)11-12-22(2,3)25-20;1-12(2)7-6-9-8-10(13-3)4-5-11(9)14-12/h5-10,13-14H,11-12H2,1-4H3;4-8H,1-3H3/b9-6+;. The van der Waals surface area contributed by atoms with Gasteiger partial charge in [-0.3, -0.25) is 4.79 Å². The Morgan fingerprint density at radius 3 is 2.41 bits per heavy atom. The predicted molar refractivity (Wildman–Crippen MR) is 157 cm³/mol. The monoisotopic (exact) mass is 526 g/mol. The molecule has 0 spiro atoms. The number of ketones is 1. The van der Waals surface area contributed by atoms with E-state index in [0.29, 0.717) is 5.56 Å². The summed E-state index contributed by atoms with van der Waals surface area (Å²) in [4.78, 5) is 12.4. The van der Waals surface area contributed by atoms with Crippen LogP contribution >= 0.6 is 0 Å². The van der Waals surface area contributed by atoms with E-state index in [-0.39, 0.29) is 17.0 Å². The number of benzene rings is 3. The predicted octanol–water partition coefficient (Wildman–Crippen LogP) is 7.88. The van der Waals surface area contributed by atoms with Crippen molar-refractivity contribution in [3.63, 3.8) is 0 Å². The van der Waals surface area contributed by atoms with E-state index in [1.54, 1.807) is 26.4 Å². The fourth-order valence-electron chi connectivity index (χ4n) is 4.51. The van der Waals surface area contributed by atoms with Crippen LogP contribution in [0.2, 0.25) is 0 Å². The summed E-state index contributed by atoms with van der Waals surface area (Å²) < 4.78 is 22.2. The molecule has 0 fully saturated rings. The first-order valence-corrected chi connectivity index (χ1v) is 13.2. The number of aryl methyl sites for hydroxylation is 2. The van der Waals surface area contributed by atoms with Crippen LogP contribution in [0.15, 0.2) is 66.7 Å². The van der Waals surface area contributed by atoms with Crippen LogP contribution in [0, 0.1) is 6.92 Å². The lowest BCUT2D eigenvalue weighted by Crippen LogP contribution is -2.32. The molecule has 5 rings (SSSR count). The first kappa shape index (κ1) is 28.0. The number of fused-ring (bicyclic) bond motifs is 2. The zero-order valence-corrected chi connectivity index (χ0v) is 24.0. The zero-order chi connectivity index (χ0) is 28.2. The molecule has 0 bridgehead atoms. The van der Waals surface area contributed by atoms with E-state index in [4.69, 9.17) is 18.9 Å². The van der Waals surface area contributed by atoms with E-state index in [1.165, 1.54) is 5.56 Å². The molecule has 0 saturated carbocycles. The van der Waals surface area contributed by atoms with E-state index in [2.05, 4.69) is 32.1 Å². The van der Waals surface area contributed by atoms with E-state index < -0.39 is 0 Å². The minimum atomic E-state index is -0.207. The molecule has 0 unspecified atom stereocenters. The van der Waals surface area contributed by atoms with Gasteiger partial charge in [0.15, 0.2) is 5.78 Å². The zero-order valence-electron chi connectivity index (χ0n) is 24.0. The van der Waals surface area contributed by atoms with Gasteiger partial charge in [0.1, 0.15) is 34.2 Å². The Bertz CT molecular complexity index is 1410. The van der Waals surface area contributed by atoms with E-state index in [0.717, 1.165) is 52.5 Å². The Morgan fingerprint density at radius 2 is 1.67 bits per heavy atom. The second-order valence-electron chi connectivity index (χ2n) is 11.1. The average Bonchev–Trinajstić information content (AvgIpc) is 2.91. The van der Waals surface area contributed by atoms with Crippen LogP contribution in [-0.4, -0.2) is 31.2 Å². The molecule has 3 aromatic rings. The van der Waals surface area contributed by atoms with Gasteiger partial charge in [0.2, 0.25) is 0 Å². The van der Waals surface area contributed by atoms with Gasteiger partial charge in [0.05, 0.1) is 14.2 Å². The van der Waals surface area contributed by atoms with Gasteiger partial charge in [0, 0.05) is 11.1 Å². The molecule has 0 atom stereocenters. The Hall–Kier alpha value is -3.99. The van der Waals surface area contributed by atoms with Crippen molar-refractivity contribution in [2.24, 2.45) is 0 Å². The maximum absolute atomic E-state index is 12.4. The molecule has 2 heterocycles. The van der Waals surface area contributed by atoms with Crippen LogP contribution in [0.4, 0.5) is 0 Å². The summed E-state index contributed by atoms with van der Waals surface area (Å²) in [5, 5.41) is 0. The lowest BCUT2D eigenvalue weighted by Gasteiger charge is -2.32. The fourth-order valence-corrected chi connectivity index (χ4v) is 4.51. The van der Waals surface area contributed by atoms with E-state index >= 15 is 0 Å². The van der Waals surface area contributed by atoms with Crippen LogP contribution in [-0.2, 0) is 6.42 Å². The van der Waals surface area contributed by atoms with Crippen LogP contribution in [0.5, 0.6) is 23.0 Å². The van der Waals surface area contributed by atoms with Crippen LogP contribution in [0.3, 0.4) is 0 Å². The Balaban J connectivity index is 0.000000212. The third kappa shape index (κ3) is 7.11. The number of methoxy groups -OCH3 is 2. The normalized spacial score (nSPS) is 16.1. The first-order chi connectivity index (χ1) is 18.5. The molecule has 5 heteroatoms. The lowest BCUT2D eigenvalue weighted by atomic mass is 9.93. The number of hydrogen-bond donors (Lipinski definition) is 0. The summed E-state index contributed by atoms with van der Waals surface area (Å²) in [5.41, 5.74) is 4.61. The van der Waals surface area contributed by atoms with Gasteiger partial charge in [-0.2, -0.15) is 0 Å². The highest BCUT2D eigenvalue weighted by Gasteiger charge is 2.26. The van der Waals surface area contributed by atoms with Crippen molar-refractivity contribution in [2.75, 3.05) is 14.2 Å². The highest BCUT2D eigenvalue weighted by Crippen LogP contribution is 2.34. The second-order valence-corrected chi connectivity index (χ2v) is 11.1. The highest BCUT2D eigenvalue weighted by atomic mass is 16.5. The van der Waals surface area contributed by atoms with Gasteiger partial charge in [-0.15, -0.1) is 0 Å². The van der Waals surface area contributed by atoms with Crippen molar-refractivity contribution in [3.05, 3.63) is 94.6 Å². The first-order valence-electron chi connectivity index (χ1n) is 13.2. The minimum Gasteiger partial charge on any atom is -0.497 e. The van der Waals surface area contributed by atoms with Crippen molar-refractivity contribution in [3.8, 4) is 23.0 Å². The average molecular weight is 527 g/mol. The number of hydrogen-bond acceptors (Lipinski definition) is 5. The molecule has 2 aliphatic heterocycles. The van der Waals surface area contributed by atoms with E-state index in [9.17, 15) is 4.79 Å². The fraction of sp³-hybridized carbons (Fsp3) is 0.324. The maximum Gasteiger partial charge on any atom is 0.185 e. The van der Waals surface area contributed by atoms with Gasteiger partial charge >= 0.3 is 0 Å². The minimum absolute atomic E-state index is 0.0339. The molecule has 0 aromatic heterocycles. The summed E-state index contributed by atoms with van der Waals surface area (Å²) in [6, 6.07) is 17.4. The summed E-state index contributed by atoms with van der Waals surface area (Å²) in [6.07, 6.45) is 9.58. The molecule has 0 N–H and O–H groups in total. The molecule has 0 saturated heterocycles. The molecule has 0 radical (unpaired) electrons. The Kier molecular flexibility index (Phi) is 8.19. The topological polar surface area (TPSA) is 54.0 Å². The van der Waals surface area contributed by atoms with Crippen molar-refractivity contribution < 1.29 is 23.7 Å². The lowest BCUT2D eigenvalue weighted by molar-refractivity contribution is 0.0847. The Morgan fingerprint density at radius 1 is 0.897 bits per heavy atom. The Labute approximate surface area is 232 Å². The van der Waals surface area contributed by atoms with Gasteiger partial charge in [0.25, 0.3) is 0 Å². The van der Waals surface area contributed by atoms with Crippen LogP contribution < -0.4 is 18.9 Å². The van der Waals surface area contributed by atoms with Gasteiger partial charge in [-0.05, 0) is 113 Å². The number of carbonyl (C=O) groups is 1. The molecule has 0 amide bonds. The third-order valence-corrected chi connectivity index (χ3v) is 6.84. The quantitative estimate of drug-likeness (QED) is 0.250. The third-order valence-electron chi connectivity index (χ3n) is 6.84. The van der Waals surface area contributed by atoms with Crippen LogP contribution in [0.1, 0.15) is 66.7 Å². The number of allylic oxidation sites excluding steroid dienone is 1. The number of ether oxygens (including phenoxy) is 4. The van der Waals surface area contributed by atoms with Crippen LogP contribution in [0.25, 0.3) is 12.2 Å². The number of carbonyl (C=O) groups excluding carboxylic acids is 1. The molecule has 5 nitrogen and oxygen atoms in total. The summed E-state index contributed by atoms with van der Waals surface area (Å²) >= 11 is 0. The largest absolute Gasteiger partial charge is 0.497 e. The van der Waals surface area contributed by atoms with Gasteiger partial charge in [-0.1, -0.05) is 30.4 Å². The molecule has 2 aliphatic rings.